The van der Waals surface area contributed by atoms with E-state index in [2.05, 4.69) is 40.6 Å². The number of piperidine rings is 1. The van der Waals surface area contributed by atoms with Crippen LogP contribution in [0.4, 0.5) is 23.4 Å². The van der Waals surface area contributed by atoms with Gasteiger partial charge in [0.15, 0.2) is 17.5 Å². The Morgan fingerprint density at radius 3 is 2.52 bits per heavy atom. The van der Waals surface area contributed by atoms with Crippen molar-refractivity contribution >= 4 is 34.3 Å². The molecule has 0 aliphatic carbocycles. The van der Waals surface area contributed by atoms with E-state index < -0.39 is 0 Å². The molecule has 29 heavy (non-hydrogen) atoms. The number of anilines is 4. The molecule has 9 nitrogen and oxygen atoms in total. The number of aromatic nitrogens is 5. The third-order valence-corrected chi connectivity index (χ3v) is 5.47. The largest absolute Gasteiger partial charge is 0.355 e. The summed E-state index contributed by atoms with van der Waals surface area (Å²) in [6.07, 6.45) is 7.35. The smallest absolute Gasteiger partial charge is 0.229 e. The number of hydrogen-bond donors (Lipinski definition) is 2. The maximum Gasteiger partial charge on any atom is 0.229 e. The molecule has 0 aromatic carbocycles. The number of nitrogens with one attached hydrogen (secondary N) is 2. The van der Waals surface area contributed by atoms with Gasteiger partial charge in [-0.3, -0.25) is 0 Å². The minimum atomic E-state index is 0.507. The molecule has 3 aromatic heterocycles. The average Bonchev–Trinajstić information content (AvgIpc) is 2.80. The molecule has 5 rings (SSSR count). The normalized spacial score (nSPS) is 17.5. The summed E-state index contributed by atoms with van der Waals surface area (Å²) in [7, 11) is 0. The predicted octanol–water partition coefficient (Wildman–Crippen LogP) is 1.96. The lowest BCUT2D eigenvalue weighted by molar-refractivity contribution is 0.574. The van der Waals surface area contributed by atoms with Crippen LogP contribution < -0.4 is 20.4 Å². The standard InChI is InChI=1S/C20H25N9/c1-2-10-29(11-3-1)19-18-15(6-7-22-19)14-23-20(25-18)24-16-4-5-17(27-26-16)28-12-8-21-9-13-28/h4-7,14,21H,1-3,8-13H2,(H,23,24,25,26). The molecule has 0 saturated carbocycles. The molecule has 5 heterocycles. The summed E-state index contributed by atoms with van der Waals surface area (Å²) in [4.78, 5) is 18.4. The number of fused-ring (bicyclic) bond motifs is 1. The van der Waals surface area contributed by atoms with E-state index in [1.165, 1.54) is 19.3 Å². The van der Waals surface area contributed by atoms with Crippen LogP contribution in [-0.4, -0.2) is 64.4 Å². The fourth-order valence-electron chi connectivity index (χ4n) is 3.91. The minimum absolute atomic E-state index is 0.507. The molecule has 0 radical (unpaired) electrons. The Morgan fingerprint density at radius 2 is 1.72 bits per heavy atom. The first-order valence-electron chi connectivity index (χ1n) is 10.3. The summed E-state index contributed by atoms with van der Waals surface area (Å²) in [6.45, 7) is 5.89. The van der Waals surface area contributed by atoms with Gasteiger partial charge in [0.25, 0.3) is 0 Å². The molecule has 0 atom stereocenters. The highest BCUT2D eigenvalue weighted by molar-refractivity contribution is 5.88. The first-order valence-corrected chi connectivity index (χ1v) is 10.3. The van der Waals surface area contributed by atoms with Crippen molar-refractivity contribution in [3.05, 3.63) is 30.6 Å². The van der Waals surface area contributed by atoms with Gasteiger partial charge in [0.2, 0.25) is 5.95 Å². The van der Waals surface area contributed by atoms with E-state index in [9.17, 15) is 0 Å². The van der Waals surface area contributed by atoms with Gasteiger partial charge < -0.3 is 20.4 Å². The lowest BCUT2D eigenvalue weighted by atomic mass is 10.1. The number of piperazine rings is 1. The fourth-order valence-corrected chi connectivity index (χ4v) is 3.91. The molecule has 2 aliphatic rings. The number of hydrogen-bond acceptors (Lipinski definition) is 9. The number of pyridine rings is 1. The van der Waals surface area contributed by atoms with Gasteiger partial charge in [-0.2, -0.15) is 0 Å². The van der Waals surface area contributed by atoms with Crippen LogP contribution in [0, 0.1) is 0 Å². The second kappa shape index (κ2) is 8.12. The topological polar surface area (TPSA) is 95.0 Å². The van der Waals surface area contributed by atoms with Crippen molar-refractivity contribution in [3.8, 4) is 0 Å². The predicted molar refractivity (Wildman–Crippen MR) is 114 cm³/mol. The van der Waals surface area contributed by atoms with Crippen molar-refractivity contribution in [1.82, 2.24) is 30.5 Å². The summed E-state index contributed by atoms with van der Waals surface area (Å²) in [5.74, 6) is 2.97. The van der Waals surface area contributed by atoms with Crippen LogP contribution in [0.25, 0.3) is 10.9 Å². The highest BCUT2D eigenvalue weighted by Gasteiger charge is 2.17. The van der Waals surface area contributed by atoms with Crippen LogP contribution in [0.5, 0.6) is 0 Å². The Bertz CT molecular complexity index is 963. The molecule has 2 saturated heterocycles. The van der Waals surface area contributed by atoms with Crippen LogP contribution in [0.2, 0.25) is 0 Å². The van der Waals surface area contributed by atoms with Crippen LogP contribution in [0.3, 0.4) is 0 Å². The van der Waals surface area contributed by atoms with E-state index in [-0.39, 0.29) is 0 Å². The van der Waals surface area contributed by atoms with Gasteiger partial charge in [-0.15, -0.1) is 10.2 Å². The van der Waals surface area contributed by atoms with E-state index in [1.807, 2.05) is 30.6 Å². The second-order valence-electron chi connectivity index (χ2n) is 7.45. The van der Waals surface area contributed by atoms with Crippen LogP contribution >= 0.6 is 0 Å². The minimum Gasteiger partial charge on any atom is -0.355 e. The lowest BCUT2D eigenvalue weighted by Gasteiger charge is -2.28. The third kappa shape index (κ3) is 3.91. The van der Waals surface area contributed by atoms with Crippen molar-refractivity contribution in [2.24, 2.45) is 0 Å². The van der Waals surface area contributed by atoms with E-state index in [1.54, 1.807) is 0 Å². The van der Waals surface area contributed by atoms with Crippen molar-refractivity contribution in [1.29, 1.82) is 0 Å². The molecule has 150 valence electrons. The maximum atomic E-state index is 4.75. The van der Waals surface area contributed by atoms with Gasteiger partial charge in [-0.1, -0.05) is 0 Å². The molecule has 0 bridgehead atoms. The van der Waals surface area contributed by atoms with Crippen LogP contribution in [0.15, 0.2) is 30.6 Å². The van der Waals surface area contributed by atoms with E-state index in [0.717, 1.165) is 61.8 Å². The highest BCUT2D eigenvalue weighted by atomic mass is 15.3. The Labute approximate surface area is 169 Å². The highest BCUT2D eigenvalue weighted by Crippen LogP contribution is 2.26. The van der Waals surface area contributed by atoms with E-state index in [4.69, 9.17) is 4.98 Å². The SMILES string of the molecule is c1cc2cnc(Nc3ccc(N4CCNCC4)nn3)nc2c(N2CCCCC2)n1. The molecular weight excluding hydrogens is 366 g/mol. The first-order chi connectivity index (χ1) is 14.4. The van der Waals surface area contributed by atoms with Crippen molar-refractivity contribution in [2.75, 3.05) is 54.4 Å². The Kier molecular flexibility index (Phi) is 5.04. The lowest BCUT2D eigenvalue weighted by Crippen LogP contribution is -2.43. The summed E-state index contributed by atoms with van der Waals surface area (Å²) in [5, 5.41) is 16.2. The summed E-state index contributed by atoms with van der Waals surface area (Å²) >= 11 is 0. The fraction of sp³-hybridized carbons (Fsp3) is 0.450. The van der Waals surface area contributed by atoms with Crippen molar-refractivity contribution in [3.63, 3.8) is 0 Å². The van der Waals surface area contributed by atoms with Gasteiger partial charge in [-0.05, 0) is 37.5 Å². The quantitative estimate of drug-likeness (QED) is 0.692. The summed E-state index contributed by atoms with van der Waals surface area (Å²) in [5.41, 5.74) is 0.872. The van der Waals surface area contributed by atoms with Gasteiger partial charge in [0.05, 0.1) is 0 Å². The summed E-state index contributed by atoms with van der Waals surface area (Å²) < 4.78 is 0. The zero-order valence-corrected chi connectivity index (χ0v) is 16.4. The molecule has 2 aliphatic heterocycles. The Balaban J connectivity index is 1.37. The molecule has 2 N–H and O–H groups in total. The molecule has 9 heteroatoms. The van der Waals surface area contributed by atoms with E-state index >= 15 is 0 Å². The zero-order valence-electron chi connectivity index (χ0n) is 16.4. The summed E-state index contributed by atoms with van der Waals surface area (Å²) in [6, 6.07) is 5.86. The third-order valence-electron chi connectivity index (χ3n) is 5.47. The number of rotatable bonds is 4. The van der Waals surface area contributed by atoms with Crippen molar-refractivity contribution in [2.45, 2.75) is 19.3 Å². The molecule has 0 amide bonds. The zero-order chi connectivity index (χ0) is 19.5. The average molecular weight is 391 g/mol. The molecular formula is C20H25N9. The molecule has 2 fully saturated rings. The Morgan fingerprint density at radius 1 is 0.862 bits per heavy atom. The van der Waals surface area contributed by atoms with Gasteiger partial charge in [0.1, 0.15) is 5.52 Å². The molecule has 0 unspecified atom stereocenters. The first kappa shape index (κ1) is 18.0. The molecule has 0 spiro atoms. The Hall–Kier alpha value is -3.07. The maximum absolute atomic E-state index is 4.75. The van der Waals surface area contributed by atoms with Gasteiger partial charge >= 0.3 is 0 Å². The van der Waals surface area contributed by atoms with Crippen molar-refractivity contribution < 1.29 is 0 Å². The van der Waals surface area contributed by atoms with Gasteiger partial charge in [0, 0.05) is 57.0 Å². The number of nitrogens with zero attached hydrogens (tertiary/aromatic N) is 7. The van der Waals surface area contributed by atoms with Gasteiger partial charge in [-0.25, -0.2) is 15.0 Å². The monoisotopic (exact) mass is 391 g/mol. The van der Waals surface area contributed by atoms with Crippen LogP contribution in [0.1, 0.15) is 19.3 Å². The van der Waals surface area contributed by atoms with E-state index in [0.29, 0.717) is 11.8 Å². The van der Waals surface area contributed by atoms with Crippen LogP contribution in [-0.2, 0) is 0 Å². The molecule has 3 aromatic rings. The second-order valence-corrected chi connectivity index (χ2v) is 7.45.